The van der Waals surface area contributed by atoms with Gasteiger partial charge in [0.25, 0.3) is 0 Å². The second-order valence-electron chi connectivity index (χ2n) is 9.08. The van der Waals surface area contributed by atoms with Gasteiger partial charge < -0.3 is 31.4 Å². The van der Waals surface area contributed by atoms with Crippen LogP contribution in [-0.4, -0.2) is 65.0 Å². The summed E-state index contributed by atoms with van der Waals surface area (Å²) in [6, 6.07) is 5.14. The van der Waals surface area contributed by atoms with E-state index < -0.39 is 29.9 Å². The van der Waals surface area contributed by atoms with Crippen molar-refractivity contribution >= 4 is 34.6 Å². The third kappa shape index (κ3) is 6.80. The molecule has 1 aliphatic heterocycles. The van der Waals surface area contributed by atoms with Crippen molar-refractivity contribution in [1.29, 1.82) is 0 Å². The van der Waals surface area contributed by atoms with Gasteiger partial charge in [0.1, 0.15) is 12.1 Å². The fraction of sp³-hybridized carbons (Fsp3) is 0.500. The summed E-state index contributed by atoms with van der Waals surface area (Å²) in [7, 11) is 0. The zero-order valence-electron chi connectivity index (χ0n) is 19.5. The highest BCUT2D eigenvalue weighted by Gasteiger charge is 2.28. The lowest BCUT2D eigenvalue weighted by atomic mass is 10.0. The second-order valence-corrected chi connectivity index (χ2v) is 9.08. The molecule has 0 saturated carbocycles. The number of carbonyl (C=O) groups excluding carboxylic acids is 3. The van der Waals surface area contributed by atoms with E-state index in [0.717, 1.165) is 35.9 Å². The number of amides is 3. The maximum atomic E-state index is 13.0. The maximum absolute atomic E-state index is 13.0. The first kappa shape index (κ1) is 25.2. The standard InChI is InChI=1S/C24H33N5O5/c1-14(2)10-19(28-21(30)13-27-22(31)18-8-5-9-25-18)23(32)29-20(24(33)34)11-15-12-26-17-7-4-3-6-16(15)17/h3-4,6-7,12,14,18-20,25-26H,5,8-11,13H2,1-2H3,(H,27,31)(H,28,30)(H,29,32)(H,33,34). The molecule has 34 heavy (non-hydrogen) atoms. The number of benzene rings is 1. The number of fused-ring (bicyclic) bond motifs is 1. The topological polar surface area (TPSA) is 152 Å². The molecule has 184 valence electrons. The average Bonchev–Trinajstić information content (AvgIpc) is 3.47. The molecule has 0 spiro atoms. The zero-order chi connectivity index (χ0) is 24.7. The van der Waals surface area contributed by atoms with E-state index >= 15 is 0 Å². The molecule has 0 bridgehead atoms. The fourth-order valence-corrected chi connectivity index (χ4v) is 4.14. The average molecular weight is 472 g/mol. The van der Waals surface area contributed by atoms with Crippen molar-refractivity contribution in [2.45, 2.75) is 57.7 Å². The van der Waals surface area contributed by atoms with Gasteiger partial charge in [0.05, 0.1) is 12.6 Å². The number of hydrogen-bond acceptors (Lipinski definition) is 5. The van der Waals surface area contributed by atoms with Gasteiger partial charge in [-0.3, -0.25) is 14.4 Å². The molecule has 6 N–H and O–H groups in total. The monoisotopic (exact) mass is 471 g/mol. The van der Waals surface area contributed by atoms with Crippen LogP contribution in [0.15, 0.2) is 30.5 Å². The molecule has 3 atom stereocenters. The Morgan fingerprint density at radius 2 is 1.88 bits per heavy atom. The summed E-state index contributed by atoms with van der Waals surface area (Å²) in [5.74, 6) is -2.41. The van der Waals surface area contributed by atoms with Crippen LogP contribution >= 0.6 is 0 Å². The van der Waals surface area contributed by atoms with Crippen molar-refractivity contribution in [2.75, 3.05) is 13.1 Å². The summed E-state index contributed by atoms with van der Waals surface area (Å²) in [5, 5.41) is 21.5. The first-order valence-corrected chi connectivity index (χ1v) is 11.6. The number of nitrogens with one attached hydrogen (secondary N) is 5. The highest BCUT2D eigenvalue weighted by Crippen LogP contribution is 2.19. The molecule has 0 radical (unpaired) electrons. The molecule has 3 amide bonds. The molecule has 3 rings (SSSR count). The van der Waals surface area contributed by atoms with Crippen LogP contribution in [0.3, 0.4) is 0 Å². The van der Waals surface area contributed by atoms with Crippen molar-refractivity contribution in [2.24, 2.45) is 5.92 Å². The third-order valence-electron chi connectivity index (χ3n) is 5.87. The number of aliphatic carboxylic acids is 1. The Labute approximate surface area is 198 Å². The molecular formula is C24H33N5O5. The van der Waals surface area contributed by atoms with Crippen molar-refractivity contribution in [3.8, 4) is 0 Å². The van der Waals surface area contributed by atoms with E-state index in [-0.39, 0.29) is 30.8 Å². The summed E-state index contributed by atoms with van der Waals surface area (Å²) >= 11 is 0. The largest absolute Gasteiger partial charge is 0.480 e. The van der Waals surface area contributed by atoms with E-state index in [2.05, 4.69) is 26.3 Å². The van der Waals surface area contributed by atoms with E-state index in [1.165, 1.54) is 0 Å². The number of rotatable bonds is 11. The Balaban J connectivity index is 1.61. The molecule has 1 aliphatic rings. The van der Waals surface area contributed by atoms with E-state index in [1.54, 1.807) is 6.20 Å². The Morgan fingerprint density at radius 1 is 1.12 bits per heavy atom. The Bertz CT molecular complexity index is 1030. The number of carboxylic acid groups (broad SMARTS) is 1. The van der Waals surface area contributed by atoms with E-state index in [1.807, 2.05) is 38.1 Å². The quantitative estimate of drug-likeness (QED) is 0.283. The Morgan fingerprint density at radius 3 is 2.56 bits per heavy atom. The predicted molar refractivity (Wildman–Crippen MR) is 127 cm³/mol. The summed E-state index contributed by atoms with van der Waals surface area (Å²) < 4.78 is 0. The summed E-state index contributed by atoms with van der Waals surface area (Å²) in [4.78, 5) is 52.5. The van der Waals surface area contributed by atoms with Gasteiger partial charge in [-0.25, -0.2) is 4.79 Å². The van der Waals surface area contributed by atoms with Gasteiger partial charge in [0, 0.05) is 23.5 Å². The molecule has 10 heteroatoms. The van der Waals surface area contributed by atoms with Gasteiger partial charge in [0.15, 0.2) is 0 Å². The molecule has 1 fully saturated rings. The lowest BCUT2D eigenvalue weighted by molar-refractivity contribution is -0.142. The number of carboxylic acids is 1. The fourth-order valence-electron chi connectivity index (χ4n) is 4.14. The lowest BCUT2D eigenvalue weighted by Gasteiger charge is -2.23. The third-order valence-corrected chi connectivity index (χ3v) is 5.87. The highest BCUT2D eigenvalue weighted by atomic mass is 16.4. The molecule has 0 aliphatic carbocycles. The van der Waals surface area contributed by atoms with E-state index in [9.17, 15) is 24.3 Å². The number of hydrogen-bond donors (Lipinski definition) is 6. The van der Waals surface area contributed by atoms with Crippen LogP contribution in [0, 0.1) is 5.92 Å². The molecule has 2 heterocycles. The van der Waals surface area contributed by atoms with Gasteiger partial charge >= 0.3 is 5.97 Å². The molecule has 3 unspecified atom stereocenters. The number of H-pyrrole nitrogens is 1. The number of para-hydroxylation sites is 1. The SMILES string of the molecule is CC(C)CC(NC(=O)CNC(=O)C1CCCN1)C(=O)NC(Cc1c[nH]c2ccccc12)C(=O)O. The summed E-state index contributed by atoms with van der Waals surface area (Å²) in [6.07, 6.45) is 3.79. The van der Waals surface area contributed by atoms with Crippen LogP contribution in [0.5, 0.6) is 0 Å². The maximum Gasteiger partial charge on any atom is 0.326 e. The first-order valence-electron chi connectivity index (χ1n) is 11.6. The number of carbonyl (C=O) groups is 4. The number of aromatic nitrogens is 1. The van der Waals surface area contributed by atoms with E-state index in [4.69, 9.17) is 0 Å². The predicted octanol–water partition coefficient (Wildman–Crippen LogP) is 0.679. The summed E-state index contributed by atoms with van der Waals surface area (Å²) in [6.45, 7) is 4.32. The normalized spacial score (nSPS) is 17.3. The minimum Gasteiger partial charge on any atom is -0.480 e. The van der Waals surface area contributed by atoms with Crippen LogP contribution in [0.1, 0.15) is 38.7 Å². The van der Waals surface area contributed by atoms with Crippen molar-refractivity contribution < 1.29 is 24.3 Å². The minimum absolute atomic E-state index is 0.0743. The van der Waals surface area contributed by atoms with Gasteiger partial charge in [-0.1, -0.05) is 32.0 Å². The first-order chi connectivity index (χ1) is 16.2. The molecule has 2 aromatic rings. The van der Waals surface area contributed by atoms with Crippen molar-refractivity contribution in [3.05, 3.63) is 36.0 Å². The second kappa shape index (κ2) is 11.6. The van der Waals surface area contributed by atoms with Crippen LogP contribution in [0.4, 0.5) is 0 Å². The summed E-state index contributed by atoms with van der Waals surface area (Å²) in [5.41, 5.74) is 1.66. The molecule has 10 nitrogen and oxygen atoms in total. The van der Waals surface area contributed by atoms with Crippen LogP contribution in [-0.2, 0) is 25.6 Å². The van der Waals surface area contributed by atoms with Gasteiger partial charge in [-0.05, 0) is 43.4 Å². The molecule has 1 aromatic heterocycles. The molecule has 1 aromatic carbocycles. The minimum atomic E-state index is -1.16. The Hall–Kier alpha value is -3.40. The zero-order valence-corrected chi connectivity index (χ0v) is 19.5. The molecule has 1 saturated heterocycles. The Kier molecular flexibility index (Phi) is 8.64. The van der Waals surface area contributed by atoms with Gasteiger partial charge in [0.2, 0.25) is 17.7 Å². The molecular weight excluding hydrogens is 438 g/mol. The van der Waals surface area contributed by atoms with Crippen LogP contribution < -0.4 is 21.3 Å². The van der Waals surface area contributed by atoms with Crippen molar-refractivity contribution in [1.82, 2.24) is 26.3 Å². The number of aromatic amines is 1. The highest BCUT2D eigenvalue weighted by molar-refractivity contribution is 5.93. The van der Waals surface area contributed by atoms with Gasteiger partial charge in [-0.15, -0.1) is 0 Å². The van der Waals surface area contributed by atoms with E-state index in [0.29, 0.717) is 6.42 Å². The lowest BCUT2D eigenvalue weighted by Crippen LogP contribution is -2.54. The van der Waals surface area contributed by atoms with Crippen molar-refractivity contribution in [3.63, 3.8) is 0 Å². The van der Waals surface area contributed by atoms with Crippen LogP contribution in [0.25, 0.3) is 10.9 Å². The smallest absolute Gasteiger partial charge is 0.326 e. The van der Waals surface area contributed by atoms with Gasteiger partial charge in [-0.2, -0.15) is 0 Å². The van der Waals surface area contributed by atoms with Crippen LogP contribution in [0.2, 0.25) is 0 Å².